The van der Waals surface area contributed by atoms with E-state index < -0.39 is 0 Å². The number of benzene rings is 2. The van der Waals surface area contributed by atoms with E-state index in [1.165, 1.54) is 5.69 Å². The van der Waals surface area contributed by atoms with Crippen molar-refractivity contribution in [2.45, 2.75) is 6.42 Å². The zero-order valence-corrected chi connectivity index (χ0v) is 14.7. The van der Waals surface area contributed by atoms with E-state index in [0.29, 0.717) is 36.9 Å². The van der Waals surface area contributed by atoms with E-state index >= 15 is 0 Å². The molecule has 0 bridgehead atoms. The molecular formula is C20H23N3O3. The molecule has 2 aromatic rings. The summed E-state index contributed by atoms with van der Waals surface area (Å²) in [6.07, 6.45) is 0.939. The first-order chi connectivity index (χ1) is 12.8. The molecule has 0 aromatic heterocycles. The van der Waals surface area contributed by atoms with Gasteiger partial charge in [0.1, 0.15) is 13.2 Å². The van der Waals surface area contributed by atoms with Gasteiger partial charge in [-0.05, 0) is 30.7 Å². The highest BCUT2D eigenvalue weighted by Gasteiger charge is 2.22. The van der Waals surface area contributed by atoms with Crippen molar-refractivity contribution in [1.29, 1.82) is 0 Å². The summed E-state index contributed by atoms with van der Waals surface area (Å²) in [5, 5.41) is 2.99. The van der Waals surface area contributed by atoms with Crippen LogP contribution in [0.2, 0.25) is 0 Å². The van der Waals surface area contributed by atoms with Crippen molar-refractivity contribution in [2.75, 3.05) is 49.6 Å². The molecule has 6 heteroatoms. The zero-order valence-electron chi connectivity index (χ0n) is 14.7. The summed E-state index contributed by atoms with van der Waals surface area (Å²) < 4.78 is 11.3. The maximum absolute atomic E-state index is 12.7. The molecule has 1 N–H and O–H groups in total. The van der Waals surface area contributed by atoms with Crippen LogP contribution in [-0.2, 0) is 0 Å². The van der Waals surface area contributed by atoms with E-state index in [1.807, 2.05) is 41.3 Å². The van der Waals surface area contributed by atoms with E-state index in [-0.39, 0.29) is 6.03 Å². The van der Waals surface area contributed by atoms with Crippen molar-refractivity contribution in [1.82, 2.24) is 4.90 Å². The second kappa shape index (κ2) is 7.56. The van der Waals surface area contributed by atoms with Crippen molar-refractivity contribution in [2.24, 2.45) is 0 Å². The Hall–Kier alpha value is -2.89. The average Bonchev–Trinajstić information content (AvgIpc) is 2.95. The number of nitrogens with zero attached hydrogens (tertiary/aromatic N) is 2. The minimum Gasteiger partial charge on any atom is -0.486 e. The van der Waals surface area contributed by atoms with Crippen LogP contribution in [0, 0.1) is 0 Å². The Morgan fingerprint density at radius 1 is 0.885 bits per heavy atom. The standard InChI is InChI=1S/C20H23N3O3/c24-20(21-17-8-4-9-18-19(17)26-15-14-25-18)23-11-5-10-22(12-13-23)16-6-2-1-3-7-16/h1-4,6-9H,5,10-15H2,(H,21,24). The van der Waals surface area contributed by atoms with Crippen molar-refractivity contribution in [3.63, 3.8) is 0 Å². The number of ether oxygens (including phenoxy) is 2. The molecule has 2 amide bonds. The number of rotatable bonds is 2. The Morgan fingerprint density at radius 2 is 1.73 bits per heavy atom. The Balaban J connectivity index is 1.41. The third kappa shape index (κ3) is 3.54. The van der Waals surface area contributed by atoms with Crippen LogP contribution >= 0.6 is 0 Å². The number of nitrogens with one attached hydrogen (secondary N) is 1. The lowest BCUT2D eigenvalue weighted by Crippen LogP contribution is -2.38. The highest BCUT2D eigenvalue weighted by atomic mass is 16.6. The molecule has 0 spiro atoms. The van der Waals surface area contributed by atoms with Gasteiger partial charge in [-0.2, -0.15) is 0 Å². The monoisotopic (exact) mass is 353 g/mol. The fourth-order valence-electron chi connectivity index (χ4n) is 3.38. The van der Waals surface area contributed by atoms with Crippen LogP contribution in [0.25, 0.3) is 0 Å². The molecule has 26 heavy (non-hydrogen) atoms. The number of urea groups is 1. The normalized spacial score (nSPS) is 16.8. The number of carbonyl (C=O) groups is 1. The van der Waals surface area contributed by atoms with Crippen LogP contribution in [0.3, 0.4) is 0 Å². The van der Waals surface area contributed by atoms with Gasteiger partial charge < -0.3 is 24.6 Å². The number of hydrogen-bond acceptors (Lipinski definition) is 4. The molecule has 2 aliphatic heterocycles. The number of amides is 2. The molecule has 2 heterocycles. The predicted molar refractivity (Wildman–Crippen MR) is 101 cm³/mol. The maximum atomic E-state index is 12.7. The van der Waals surface area contributed by atoms with Gasteiger partial charge in [0, 0.05) is 31.9 Å². The van der Waals surface area contributed by atoms with Crippen molar-refractivity contribution in [3.8, 4) is 11.5 Å². The van der Waals surface area contributed by atoms with Crippen LogP contribution in [-0.4, -0.2) is 50.3 Å². The second-order valence-corrected chi connectivity index (χ2v) is 6.42. The number of para-hydroxylation sites is 2. The molecule has 0 radical (unpaired) electrons. The molecule has 136 valence electrons. The second-order valence-electron chi connectivity index (χ2n) is 6.42. The first-order valence-electron chi connectivity index (χ1n) is 9.06. The quantitative estimate of drug-likeness (QED) is 0.901. The molecule has 6 nitrogen and oxygen atoms in total. The molecule has 0 atom stereocenters. The molecule has 0 saturated carbocycles. The third-order valence-corrected chi connectivity index (χ3v) is 4.71. The van der Waals surface area contributed by atoms with Gasteiger partial charge in [0.05, 0.1) is 5.69 Å². The van der Waals surface area contributed by atoms with Crippen LogP contribution in [0.1, 0.15) is 6.42 Å². The van der Waals surface area contributed by atoms with E-state index in [1.54, 1.807) is 0 Å². The largest absolute Gasteiger partial charge is 0.486 e. The number of hydrogen-bond donors (Lipinski definition) is 1. The van der Waals surface area contributed by atoms with Gasteiger partial charge in [0.25, 0.3) is 0 Å². The predicted octanol–water partition coefficient (Wildman–Crippen LogP) is 3.20. The summed E-state index contributed by atoms with van der Waals surface area (Å²) in [5.41, 5.74) is 1.87. The van der Waals surface area contributed by atoms with Gasteiger partial charge in [-0.1, -0.05) is 24.3 Å². The molecule has 1 fully saturated rings. The highest BCUT2D eigenvalue weighted by Crippen LogP contribution is 2.37. The first-order valence-corrected chi connectivity index (χ1v) is 9.06. The SMILES string of the molecule is O=C(Nc1cccc2c1OCCO2)N1CCCN(c2ccccc2)CC1. The number of carbonyl (C=O) groups excluding carboxylic acids is 1. The van der Waals surface area contributed by atoms with Gasteiger partial charge in [0.15, 0.2) is 11.5 Å². The summed E-state index contributed by atoms with van der Waals surface area (Å²) >= 11 is 0. The third-order valence-electron chi connectivity index (χ3n) is 4.71. The average molecular weight is 353 g/mol. The van der Waals surface area contributed by atoms with Crippen molar-refractivity contribution < 1.29 is 14.3 Å². The van der Waals surface area contributed by atoms with Crippen LogP contribution in [0.5, 0.6) is 11.5 Å². The molecular weight excluding hydrogens is 330 g/mol. The molecule has 2 aromatic carbocycles. The van der Waals surface area contributed by atoms with Gasteiger partial charge in [-0.3, -0.25) is 0 Å². The van der Waals surface area contributed by atoms with Gasteiger partial charge >= 0.3 is 6.03 Å². The summed E-state index contributed by atoms with van der Waals surface area (Å²) in [6, 6.07) is 15.8. The van der Waals surface area contributed by atoms with Gasteiger partial charge in [-0.25, -0.2) is 4.79 Å². The highest BCUT2D eigenvalue weighted by molar-refractivity contribution is 5.91. The first kappa shape index (κ1) is 16.6. The minimum atomic E-state index is -0.0949. The summed E-state index contributed by atoms with van der Waals surface area (Å²) in [4.78, 5) is 16.9. The van der Waals surface area contributed by atoms with Crippen LogP contribution < -0.4 is 19.7 Å². The lowest BCUT2D eigenvalue weighted by Gasteiger charge is -2.25. The lowest BCUT2D eigenvalue weighted by molar-refractivity contribution is 0.172. The molecule has 1 saturated heterocycles. The molecule has 0 aliphatic carbocycles. The summed E-state index contributed by atoms with van der Waals surface area (Å²) in [5.74, 6) is 1.30. The molecule has 4 rings (SSSR count). The number of fused-ring (bicyclic) bond motifs is 1. The zero-order chi connectivity index (χ0) is 17.8. The van der Waals surface area contributed by atoms with E-state index in [9.17, 15) is 4.79 Å². The Labute approximate surface area is 153 Å². The Kier molecular flexibility index (Phi) is 4.82. The van der Waals surface area contributed by atoms with Crippen LogP contribution in [0.15, 0.2) is 48.5 Å². The van der Waals surface area contributed by atoms with Crippen molar-refractivity contribution in [3.05, 3.63) is 48.5 Å². The summed E-state index contributed by atoms with van der Waals surface area (Å²) in [6.45, 7) is 4.23. The molecule has 0 unspecified atom stereocenters. The topological polar surface area (TPSA) is 54.0 Å². The van der Waals surface area contributed by atoms with Crippen molar-refractivity contribution >= 4 is 17.4 Å². The van der Waals surface area contributed by atoms with E-state index in [2.05, 4.69) is 22.3 Å². The van der Waals surface area contributed by atoms with E-state index in [4.69, 9.17) is 9.47 Å². The number of anilines is 2. The Bertz CT molecular complexity index is 766. The smallest absolute Gasteiger partial charge is 0.322 e. The fourth-order valence-corrected chi connectivity index (χ4v) is 3.38. The van der Waals surface area contributed by atoms with Gasteiger partial charge in [0.2, 0.25) is 0 Å². The van der Waals surface area contributed by atoms with Crippen LogP contribution in [0.4, 0.5) is 16.2 Å². The molecule has 2 aliphatic rings. The Morgan fingerprint density at radius 3 is 2.62 bits per heavy atom. The van der Waals surface area contributed by atoms with E-state index in [0.717, 1.165) is 26.1 Å². The fraction of sp³-hybridized carbons (Fsp3) is 0.350. The lowest BCUT2D eigenvalue weighted by atomic mass is 10.2. The maximum Gasteiger partial charge on any atom is 0.322 e. The minimum absolute atomic E-state index is 0.0949. The van der Waals surface area contributed by atoms with Gasteiger partial charge in [-0.15, -0.1) is 0 Å². The summed E-state index contributed by atoms with van der Waals surface area (Å²) in [7, 11) is 0.